The molecule has 0 aromatic carbocycles. The van der Waals surface area contributed by atoms with E-state index in [0.717, 1.165) is 0 Å². The summed E-state index contributed by atoms with van der Waals surface area (Å²) in [6.45, 7) is 1.34. The molecular weight excluding hydrogens is 157 g/mol. The van der Waals surface area contributed by atoms with Crippen LogP contribution in [0.1, 0.15) is 24.4 Å². The van der Waals surface area contributed by atoms with E-state index in [1.807, 2.05) is 0 Å². The molecule has 1 aromatic rings. The number of anilines is 1. The number of pyridine rings is 1. The lowest BCUT2D eigenvalue weighted by Crippen LogP contribution is -1.97. The van der Waals surface area contributed by atoms with Gasteiger partial charge in [0.1, 0.15) is 17.9 Å². The Morgan fingerprint density at radius 2 is 2.42 bits per heavy atom. The van der Waals surface area contributed by atoms with E-state index < -0.39 is 6.17 Å². The second-order valence-electron chi connectivity index (χ2n) is 2.43. The van der Waals surface area contributed by atoms with Crippen LogP contribution in [0.15, 0.2) is 12.3 Å². The number of nitrogens with zero attached hydrogens (tertiary/aromatic N) is 2. The van der Waals surface area contributed by atoms with E-state index in [0.29, 0.717) is 5.69 Å². The maximum absolute atomic E-state index is 12.8. The van der Waals surface area contributed by atoms with Crippen LogP contribution in [-0.4, -0.2) is 4.98 Å². The van der Waals surface area contributed by atoms with Gasteiger partial charge >= 0.3 is 0 Å². The van der Waals surface area contributed by atoms with E-state index in [1.165, 1.54) is 19.2 Å². The highest BCUT2D eigenvalue weighted by Crippen LogP contribution is 2.20. The van der Waals surface area contributed by atoms with Crippen molar-refractivity contribution in [2.24, 2.45) is 0 Å². The van der Waals surface area contributed by atoms with Gasteiger partial charge < -0.3 is 5.73 Å². The number of rotatable bonds is 1. The molecule has 12 heavy (non-hydrogen) atoms. The molecule has 0 saturated heterocycles. The Labute approximate surface area is 69.6 Å². The normalized spacial score (nSPS) is 12.1. The van der Waals surface area contributed by atoms with Gasteiger partial charge in [0, 0.05) is 5.56 Å². The van der Waals surface area contributed by atoms with E-state index >= 15 is 0 Å². The zero-order chi connectivity index (χ0) is 9.14. The van der Waals surface area contributed by atoms with Crippen molar-refractivity contribution in [2.75, 3.05) is 5.73 Å². The van der Waals surface area contributed by atoms with Gasteiger partial charge in [-0.05, 0) is 13.0 Å². The lowest BCUT2D eigenvalue weighted by molar-refractivity contribution is 0.373. The molecule has 0 fully saturated rings. The topological polar surface area (TPSA) is 62.7 Å². The summed E-state index contributed by atoms with van der Waals surface area (Å²) < 4.78 is 12.8. The molecule has 0 aliphatic rings. The van der Waals surface area contributed by atoms with Gasteiger partial charge in [-0.2, -0.15) is 5.26 Å². The molecular formula is C8H8FN3. The SMILES string of the molecule is CC(F)c1cc(N)cnc1C#N. The molecule has 3 nitrogen and oxygen atoms in total. The number of nitriles is 1. The molecule has 2 N–H and O–H groups in total. The van der Waals surface area contributed by atoms with Crippen LogP contribution < -0.4 is 5.73 Å². The minimum absolute atomic E-state index is 0.0965. The summed E-state index contributed by atoms with van der Waals surface area (Å²) in [5, 5.41) is 8.54. The lowest BCUT2D eigenvalue weighted by atomic mass is 10.1. The Hall–Kier alpha value is -1.63. The Morgan fingerprint density at radius 3 is 2.92 bits per heavy atom. The zero-order valence-electron chi connectivity index (χ0n) is 6.58. The van der Waals surface area contributed by atoms with Crippen LogP contribution in [0.4, 0.5) is 10.1 Å². The predicted molar refractivity (Wildman–Crippen MR) is 42.9 cm³/mol. The summed E-state index contributed by atoms with van der Waals surface area (Å²) in [4.78, 5) is 3.69. The van der Waals surface area contributed by atoms with Crippen molar-refractivity contribution in [1.82, 2.24) is 4.98 Å². The first-order valence-electron chi connectivity index (χ1n) is 3.44. The second kappa shape index (κ2) is 3.18. The molecule has 62 valence electrons. The monoisotopic (exact) mass is 165 g/mol. The number of hydrogen-bond acceptors (Lipinski definition) is 3. The van der Waals surface area contributed by atoms with Crippen LogP contribution >= 0.6 is 0 Å². The number of hydrogen-bond donors (Lipinski definition) is 1. The standard InChI is InChI=1S/C8H8FN3/c1-5(9)7-2-6(11)4-12-8(7)3-10/h2,4-5H,11H2,1H3. The van der Waals surface area contributed by atoms with Crippen LogP contribution in [0.25, 0.3) is 0 Å². The molecule has 1 atom stereocenters. The van der Waals surface area contributed by atoms with E-state index in [1.54, 1.807) is 6.07 Å². The van der Waals surface area contributed by atoms with Gasteiger partial charge in [-0.15, -0.1) is 0 Å². The molecule has 0 amide bonds. The van der Waals surface area contributed by atoms with Crippen LogP contribution in [0.3, 0.4) is 0 Å². The van der Waals surface area contributed by atoms with E-state index in [2.05, 4.69) is 4.98 Å². The van der Waals surface area contributed by atoms with Crippen molar-refractivity contribution in [3.63, 3.8) is 0 Å². The molecule has 1 aromatic heterocycles. The molecule has 1 heterocycles. The first-order chi connectivity index (χ1) is 5.65. The van der Waals surface area contributed by atoms with Crippen molar-refractivity contribution in [2.45, 2.75) is 13.1 Å². The van der Waals surface area contributed by atoms with Gasteiger partial charge in [0.25, 0.3) is 0 Å². The highest BCUT2D eigenvalue weighted by Gasteiger charge is 2.10. The van der Waals surface area contributed by atoms with Crippen molar-refractivity contribution in [3.05, 3.63) is 23.5 Å². The van der Waals surface area contributed by atoms with Crippen molar-refractivity contribution >= 4 is 5.69 Å². The quantitative estimate of drug-likeness (QED) is 0.686. The number of alkyl halides is 1. The molecule has 1 unspecified atom stereocenters. The van der Waals surface area contributed by atoms with Crippen LogP contribution in [0, 0.1) is 11.3 Å². The molecule has 0 radical (unpaired) electrons. The minimum atomic E-state index is -1.21. The lowest BCUT2D eigenvalue weighted by Gasteiger charge is -2.03. The van der Waals surface area contributed by atoms with Gasteiger partial charge in [0.2, 0.25) is 0 Å². The molecule has 0 aliphatic heterocycles. The third-order valence-corrected chi connectivity index (χ3v) is 1.47. The average Bonchev–Trinajstić information content (AvgIpc) is 2.04. The smallest absolute Gasteiger partial charge is 0.146 e. The third kappa shape index (κ3) is 1.51. The second-order valence-corrected chi connectivity index (χ2v) is 2.43. The molecule has 4 heteroatoms. The van der Waals surface area contributed by atoms with Crippen LogP contribution in [-0.2, 0) is 0 Å². The average molecular weight is 165 g/mol. The summed E-state index contributed by atoms with van der Waals surface area (Å²) in [5.74, 6) is 0. The summed E-state index contributed by atoms with van der Waals surface area (Å²) in [5.41, 5.74) is 6.09. The summed E-state index contributed by atoms with van der Waals surface area (Å²) in [6.07, 6.45) is 0.125. The molecule has 0 spiro atoms. The molecule has 0 saturated carbocycles. The van der Waals surface area contributed by atoms with E-state index in [9.17, 15) is 4.39 Å². The van der Waals surface area contributed by atoms with Crippen molar-refractivity contribution in [1.29, 1.82) is 5.26 Å². The van der Waals surface area contributed by atoms with Gasteiger partial charge in [-0.25, -0.2) is 9.37 Å². The molecule has 1 rings (SSSR count). The van der Waals surface area contributed by atoms with Crippen LogP contribution in [0.5, 0.6) is 0 Å². The zero-order valence-corrected chi connectivity index (χ0v) is 6.58. The fraction of sp³-hybridized carbons (Fsp3) is 0.250. The molecule has 0 bridgehead atoms. The van der Waals surface area contributed by atoms with Crippen LogP contribution in [0.2, 0.25) is 0 Å². The number of halogens is 1. The summed E-state index contributed by atoms with van der Waals surface area (Å²) >= 11 is 0. The number of nitrogen functional groups attached to an aromatic ring is 1. The summed E-state index contributed by atoms with van der Waals surface area (Å²) in [7, 11) is 0. The number of aromatic nitrogens is 1. The fourth-order valence-corrected chi connectivity index (χ4v) is 0.895. The Balaban J connectivity index is 3.24. The molecule has 0 aliphatic carbocycles. The summed E-state index contributed by atoms with van der Waals surface area (Å²) in [6, 6.07) is 3.22. The number of nitrogens with two attached hydrogens (primary N) is 1. The fourth-order valence-electron chi connectivity index (χ4n) is 0.895. The maximum atomic E-state index is 12.8. The van der Waals surface area contributed by atoms with Gasteiger partial charge in [-0.1, -0.05) is 0 Å². The van der Waals surface area contributed by atoms with Crippen molar-refractivity contribution in [3.8, 4) is 6.07 Å². The highest BCUT2D eigenvalue weighted by atomic mass is 19.1. The maximum Gasteiger partial charge on any atom is 0.146 e. The van der Waals surface area contributed by atoms with Gasteiger partial charge in [-0.3, -0.25) is 0 Å². The Morgan fingerprint density at radius 1 is 1.75 bits per heavy atom. The largest absolute Gasteiger partial charge is 0.397 e. The predicted octanol–water partition coefficient (Wildman–Crippen LogP) is 1.57. The van der Waals surface area contributed by atoms with Crippen molar-refractivity contribution < 1.29 is 4.39 Å². The first-order valence-corrected chi connectivity index (χ1v) is 3.44. The van der Waals surface area contributed by atoms with Gasteiger partial charge in [0.15, 0.2) is 0 Å². The van der Waals surface area contributed by atoms with E-state index in [-0.39, 0.29) is 11.3 Å². The third-order valence-electron chi connectivity index (χ3n) is 1.47. The first kappa shape index (κ1) is 8.47. The minimum Gasteiger partial charge on any atom is -0.397 e. The Bertz CT molecular complexity index is 328. The Kier molecular flexibility index (Phi) is 2.24. The van der Waals surface area contributed by atoms with E-state index in [4.69, 9.17) is 11.0 Å². The van der Waals surface area contributed by atoms with Gasteiger partial charge in [0.05, 0.1) is 11.9 Å². The highest BCUT2D eigenvalue weighted by molar-refractivity contribution is 5.44.